The molecule has 0 spiro atoms. The van der Waals surface area contributed by atoms with Crippen LogP contribution in [0.25, 0.3) is 11.5 Å². The molecule has 1 fully saturated rings. The highest BCUT2D eigenvalue weighted by atomic mass is 35.5. The molecule has 1 amide bonds. The molecular formula is C18H14ClN3O2. The van der Waals surface area contributed by atoms with Crippen LogP contribution < -0.4 is 5.32 Å². The van der Waals surface area contributed by atoms with Gasteiger partial charge in [0.2, 0.25) is 18.2 Å². The normalized spacial score (nSPS) is 19.0. The SMILES string of the molecule is O=C(Nc1cccc(-c2nnco2)c1)C1CC1c1ccc(Cl)cc1. The van der Waals surface area contributed by atoms with Gasteiger partial charge in [-0.1, -0.05) is 29.8 Å². The van der Waals surface area contributed by atoms with Crippen molar-refractivity contribution >= 4 is 23.2 Å². The van der Waals surface area contributed by atoms with Gasteiger partial charge in [0.25, 0.3) is 0 Å². The van der Waals surface area contributed by atoms with Crippen LogP contribution in [-0.4, -0.2) is 16.1 Å². The van der Waals surface area contributed by atoms with Gasteiger partial charge in [-0.25, -0.2) is 0 Å². The lowest BCUT2D eigenvalue weighted by Gasteiger charge is -2.06. The molecule has 0 radical (unpaired) electrons. The van der Waals surface area contributed by atoms with Crippen LogP contribution in [0, 0.1) is 5.92 Å². The molecule has 6 heteroatoms. The van der Waals surface area contributed by atoms with Crippen molar-refractivity contribution in [2.24, 2.45) is 5.92 Å². The van der Waals surface area contributed by atoms with Crippen molar-refractivity contribution in [1.82, 2.24) is 10.2 Å². The lowest BCUT2D eigenvalue weighted by atomic mass is 10.1. The maximum atomic E-state index is 12.4. The number of nitrogens with zero attached hydrogens (tertiary/aromatic N) is 2. The van der Waals surface area contributed by atoms with E-state index in [-0.39, 0.29) is 17.7 Å². The summed E-state index contributed by atoms with van der Waals surface area (Å²) >= 11 is 5.90. The predicted octanol–water partition coefficient (Wildman–Crippen LogP) is 4.13. The van der Waals surface area contributed by atoms with Gasteiger partial charge >= 0.3 is 0 Å². The zero-order valence-corrected chi connectivity index (χ0v) is 13.4. The van der Waals surface area contributed by atoms with Crippen LogP contribution >= 0.6 is 11.6 Å². The summed E-state index contributed by atoms with van der Waals surface area (Å²) < 4.78 is 5.18. The van der Waals surface area contributed by atoms with E-state index in [1.807, 2.05) is 48.5 Å². The van der Waals surface area contributed by atoms with Crippen LogP contribution in [0.2, 0.25) is 5.02 Å². The van der Waals surface area contributed by atoms with Crippen LogP contribution in [0.5, 0.6) is 0 Å². The Morgan fingerprint density at radius 1 is 1.21 bits per heavy atom. The number of rotatable bonds is 4. The van der Waals surface area contributed by atoms with Crippen LogP contribution in [0.1, 0.15) is 17.9 Å². The minimum atomic E-state index is -0.00163. The van der Waals surface area contributed by atoms with Crippen molar-refractivity contribution in [3.8, 4) is 11.5 Å². The average molecular weight is 340 g/mol. The van der Waals surface area contributed by atoms with E-state index in [0.29, 0.717) is 10.9 Å². The topological polar surface area (TPSA) is 68.0 Å². The molecule has 1 saturated carbocycles. The van der Waals surface area contributed by atoms with E-state index in [1.165, 1.54) is 6.39 Å². The number of hydrogen-bond donors (Lipinski definition) is 1. The van der Waals surface area contributed by atoms with E-state index < -0.39 is 0 Å². The fourth-order valence-electron chi connectivity index (χ4n) is 2.83. The third-order valence-corrected chi connectivity index (χ3v) is 4.41. The molecule has 0 aliphatic heterocycles. The third kappa shape index (κ3) is 3.03. The summed E-state index contributed by atoms with van der Waals surface area (Å²) in [7, 11) is 0. The minimum absolute atomic E-state index is 0.00163. The molecule has 1 aromatic heterocycles. The third-order valence-electron chi connectivity index (χ3n) is 4.16. The highest BCUT2D eigenvalue weighted by Crippen LogP contribution is 2.48. The summed E-state index contributed by atoms with van der Waals surface area (Å²) in [5, 5.41) is 11.2. The molecule has 3 aromatic rings. The maximum Gasteiger partial charge on any atom is 0.247 e. The van der Waals surface area contributed by atoms with Crippen molar-refractivity contribution in [1.29, 1.82) is 0 Å². The minimum Gasteiger partial charge on any atom is -0.423 e. The van der Waals surface area contributed by atoms with Gasteiger partial charge in [0.15, 0.2) is 0 Å². The Morgan fingerprint density at radius 3 is 2.79 bits per heavy atom. The Hall–Kier alpha value is -2.66. The van der Waals surface area contributed by atoms with Crippen LogP contribution in [0.4, 0.5) is 5.69 Å². The molecular weight excluding hydrogens is 326 g/mol. The molecule has 4 rings (SSSR count). The van der Waals surface area contributed by atoms with Gasteiger partial charge in [-0.15, -0.1) is 10.2 Å². The van der Waals surface area contributed by atoms with E-state index in [2.05, 4.69) is 15.5 Å². The fraction of sp³-hybridized carbons (Fsp3) is 0.167. The molecule has 0 bridgehead atoms. The Kier molecular flexibility index (Phi) is 3.78. The first kappa shape index (κ1) is 14.9. The van der Waals surface area contributed by atoms with E-state index >= 15 is 0 Å². The molecule has 2 aromatic carbocycles. The lowest BCUT2D eigenvalue weighted by molar-refractivity contribution is -0.117. The number of aromatic nitrogens is 2. The quantitative estimate of drug-likeness (QED) is 0.776. The van der Waals surface area contributed by atoms with Crippen molar-refractivity contribution in [3.63, 3.8) is 0 Å². The number of benzene rings is 2. The lowest BCUT2D eigenvalue weighted by Crippen LogP contribution is -2.14. The summed E-state index contributed by atoms with van der Waals surface area (Å²) in [5.74, 6) is 0.716. The first-order chi connectivity index (χ1) is 11.7. The molecule has 1 heterocycles. The van der Waals surface area contributed by atoms with Crippen molar-refractivity contribution in [2.45, 2.75) is 12.3 Å². The smallest absolute Gasteiger partial charge is 0.247 e. The Bertz CT molecular complexity index is 862. The molecule has 1 N–H and O–H groups in total. The molecule has 2 atom stereocenters. The largest absolute Gasteiger partial charge is 0.423 e. The Labute approximate surface area is 143 Å². The second kappa shape index (κ2) is 6.09. The summed E-state index contributed by atoms with van der Waals surface area (Å²) in [6.45, 7) is 0. The number of carbonyl (C=O) groups is 1. The average Bonchev–Trinajstić information content (AvgIpc) is 3.20. The van der Waals surface area contributed by atoms with E-state index in [9.17, 15) is 4.79 Å². The molecule has 5 nitrogen and oxygen atoms in total. The second-order valence-corrected chi connectivity index (χ2v) is 6.25. The van der Waals surface area contributed by atoms with Crippen LogP contribution in [-0.2, 0) is 4.79 Å². The Morgan fingerprint density at radius 2 is 2.04 bits per heavy atom. The van der Waals surface area contributed by atoms with Crippen LogP contribution in [0.15, 0.2) is 59.3 Å². The number of hydrogen-bond acceptors (Lipinski definition) is 4. The number of carbonyl (C=O) groups excluding carboxylic acids is 1. The molecule has 1 aliphatic carbocycles. The highest BCUT2D eigenvalue weighted by Gasteiger charge is 2.43. The summed E-state index contributed by atoms with van der Waals surface area (Å²) in [6.07, 6.45) is 2.14. The van der Waals surface area contributed by atoms with Gasteiger partial charge in [0.1, 0.15) is 0 Å². The highest BCUT2D eigenvalue weighted by molar-refractivity contribution is 6.30. The number of amides is 1. The van der Waals surface area contributed by atoms with Crippen molar-refractivity contribution < 1.29 is 9.21 Å². The second-order valence-electron chi connectivity index (χ2n) is 5.81. The summed E-state index contributed by atoms with van der Waals surface area (Å²) in [6, 6.07) is 15.1. The Balaban J connectivity index is 1.44. The summed E-state index contributed by atoms with van der Waals surface area (Å²) in [5.41, 5.74) is 2.65. The standard InChI is InChI=1S/C18H14ClN3O2/c19-13-6-4-11(5-7-13)15-9-16(15)17(23)21-14-3-1-2-12(8-14)18-22-20-10-24-18/h1-8,10,15-16H,9H2,(H,21,23). The number of nitrogens with one attached hydrogen (secondary N) is 1. The molecule has 0 saturated heterocycles. The maximum absolute atomic E-state index is 12.4. The first-order valence-electron chi connectivity index (χ1n) is 7.63. The number of halogens is 1. The summed E-state index contributed by atoms with van der Waals surface area (Å²) in [4.78, 5) is 12.4. The van der Waals surface area contributed by atoms with Gasteiger partial charge in [-0.05, 0) is 48.2 Å². The number of anilines is 1. The van der Waals surface area contributed by atoms with Crippen molar-refractivity contribution in [3.05, 3.63) is 65.5 Å². The molecule has 24 heavy (non-hydrogen) atoms. The van der Waals surface area contributed by atoms with Gasteiger partial charge in [0.05, 0.1) is 0 Å². The first-order valence-corrected chi connectivity index (χ1v) is 8.01. The van der Waals surface area contributed by atoms with Crippen LogP contribution in [0.3, 0.4) is 0 Å². The molecule has 2 unspecified atom stereocenters. The molecule has 120 valence electrons. The van der Waals surface area contributed by atoms with E-state index in [1.54, 1.807) is 0 Å². The van der Waals surface area contributed by atoms with Gasteiger partial charge in [0, 0.05) is 22.2 Å². The van der Waals surface area contributed by atoms with E-state index in [4.69, 9.17) is 16.0 Å². The van der Waals surface area contributed by atoms with Gasteiger partial charge in [-0.2, -0.15) is 0 Å². The fourth-order valence-corrected chi connectivity index (χ4v) is 2.95. The van der Waals surface area contributed by atoms with E-state index in [0.717, 1.165) is 23.2 Å². The monoisotopic (exact) mass is 339 g/mol. The van der Waals surface area contributed by atoms with Gasteiger partial charge in [-0.3, -0.25) is 4.79 Å². The zero-order chi connectivity index (χ0) is 16.5. The predicted molar refractivity (Wildman–Crippen MR) is 90.7 cm³/mol. The molecule has 1 aliphatic rings. The van der Waals surface area contributed by atoms with Crippen molar-refractivity contribution in [2.75, 3.05) is 5.32 Å². The van der Waals surface area contributed by atoms with Gasteiger partial charge < -0.3 is 9.73 Å². The zero-order valence-electron chi connectivity index (χ0n) is 12.6.